The molecule has 0 aliphatic carbocycles. The summed E-state index contributed by atoms with van der Waals surface area (Å²) < 4.78 is 10.8. The molecule has 0 heterocycles. The van der Waals surface area contributed by atoms with Crippen molar-refractivity contribution in [1.82, 2.24) is 0 Å². The van der Waals surface area contributed by atoms with Gasteiger partial charge in [-0.25, -0.2) is 4.79 Å². The number of rotatable bonds is 5. The number of benzene rings is 2. The van der Waals surface area contributed by atoms with Gasteiger partial charge < -0.3 is 9.47 Å². The number of ether oxygens (including phenoxy) is 2. The van der Waals surface area contributed by atoms with E-state index in [1.54, 1.807) is 48.5 Å². The largest absolute Gasteiger partial charge is 0.490 e. The smallest absolute Gasteiger partial charge is 0.343 e. The second-order valence-electron chi connectivity index (χ2n) is 4.82. The first-order chi connectivity index (χ1) is 10.1. The van der Waals surface area contributed by atoms with Gasteiger partial charge in [0, 0.05) is 0 Å². The lowest BCUT2D eigenvalue weighted by molar-refractivity contribution is 0.0734. The van der Waals surface area contributed by atoms with Crippen LogP contribution in [0.2, 0.25) is 0 Å². The Bertz CT molecular complexity index is 609. The van der Waals surface area contributed by atoms with Crippen LogP contribution in [0.25, 0.3) is 0 Å². The Morgan fingerprint density at radius 1 is 0.952 bits per heavy atom. The van der Waals surface area contributed by atoms with Gasteiger partial charge in [0.15, 0.2) is 0 Å². The molecule has 0 aliphatic heterocycles. The highest BCUT2D eigenvalue weighted by Crippen LogP contribution is 2.18. The fraction of sp³-hybridized carbons (Fsp3) is 0.167. The number of hydrogen-bond donors (Lipinski definition) is 0. The van der Waals surface area contributed by atoms with E-state index in [0.29, 0.717) is 17.9 Å². The van der Waals surface area contributed by atoms with Crippen LogP contribution in [0.4, 0.5) is 0 Å². The number of allylic oxidation sites excluding steroid dienone is 1. The van der Waals surface area contributed by atoms with Crippen molar-refractivity contribution < 1.29 is 14.3 Å². The van der Waals surface area contributed by atoms with Gasteiger partial charge in [-0.1, -0.05) is 23.8 Å². The van der Waals surface area contributed by atoms with Gasteiger partial charge in [0.1, 0.15) is 18.1 Å². The van der Waals surface area contributed by atoms with Gasteiger partial charge in [-0.2, -0.15) is 0 Å². The van der Waals surface area contributed by atoms with Crippen LogP contribution in [0.3, 0.4) is 0 Å². The van der Waals surface area contributed by atoms with Crippen molar-refractivity contribution in [3.8, 4) is 11.5 Å². The molecular weight excluding hydrogens is 264 g/mol. The molecule has 2 aromatic carbocycles. The van der Waals surface area contributed by atoms with Crippen molar-refractivity contribution in [3.63, 3.8) is 0 Å². The van der Waals surface area contributed by atoms with E-state index in [0.717, 1.165) is 5.75 Å². The second-order valence-corrected chi connectivity index (χ2v) is 4.82. The molecule has 108 valence electrons. The highest BCUT2D eigenvalue weighted by Gasteiger charge is 2.07. The van der Waals surface area contributed by atoms with Gasteiger partial charge in [0.2, 0.25) is 0 Å². The summed E-state index contributed by atoms with van der Waals surface area (Å²) in [5.74, 6) is 0.874. The summed E-state index contributed by atoms with van der Waals surface area (Å²) in [6, 6.07) is 15.9. The molecule has 0 amide bonds. The molecule has 3 heteroatoms. The fourth-order valence-electron chi connectivity index (χ4n) is 1.65. The van der Waals surface area contributed by atoms with Crippen LogP contribution in [0.5, 0.6) is 11.5 Å². The molecule has 0 bridgehead atoms. The first kappa shape index (κ1) is 14.9. The molecule has 0 N–H and O–H groups in total. The third-order valence-electron chi connectivity index (χ3n) is 2.79. The molecule has 21 heavy (non-hydrogen) atoms. The van der Waals surface area contributed by atoms with E-state index in [2.05, 4.69) is 0 Å². The van der Waals surface area contributed by atoms with Crippen LogP contribution in [0.15, 0.2) is 66.2 Å². The molecule has 0 fully saturated rings. The highest BCUT2D eigenvalue weighted by atomic mass is 16.5. The summed E-state index contributed by atoms with van der Waals surface area (Å²) >= 11 is 0. The Morgan fingerprint density at radius 2 is 1.57 bits per heavy atom. The molecule has 2 rings (SSSR count). The van der Waals surface area contributed by atoms with Crippen molar-refractivity contribution >= 4 is 5.97 Å². The predicted molar refractivity (Wildman–Crippen MR) is 82.8 cm³/mol. The molecule has 0 atom stereocenters. The van der Waals surface area contributed by atoms with Crippen molar-refractivity contribution in [3.05, 3.63) is 71.8 Å². The first-order valence-electron chi connectivity index (χ1n) is 6.78. The second kappa shape index (κ2) is 7.29. The topological polar surface area (TPSA) is 35.5 Å². The third-order valence-corrected chi connectivity index (χ3v) is 2.79. The summed E-state index contributed by atoms with van der Waals surface area (Å²) in [6.07, 6.45) is 2.00. The average Bonchev–Trinajstić information content (AvgIpc) is 2.49. The zero-order valence-electron chi connectivity index (χ0n) is 12.2. The molecule has 0 spiro atoms. The number of carbonyl (C=O) groups is 1. The molecule has 3 nitrogen and oxygen atoms in total. The highest BCUT2D eigenvalue weighted by molar-refractivity contribution is 5.90. The van der Waals surface area contributed by atoms with Gasteiger partial charge in [0.05, 0.1) is 5.56 Å². The molecule has 0 radical (unpaired) electrons. The quantitative estimate of drug-likeness (QED) is 0.467. The van der Waals surface area contributed by atoms with E-state index < -0.39 is 0 Å². The maximum Gasteiger partial charge on any atom is 0.343 e. The van der Waals surface area contributed by atoms with Gasteiger partial charge in [-0.3, -0.25) is 0 Å². The lowest BCUT2D eigenvalue weighted by Crippen LogP contribution is -2.08. The standard InChI is InChI=1S/C18H18O3/c1-14(2)12-13-20-16-8-10-17(11-9-16)21-18(19)15-6-4-3-5-7-15/h3-12H,13H2,1-2H3. The van der Waals surface area contributed by atoms with E-state index in [-0.39, 0.29) is 5.97 Å². The van der Waals surface area contributed by atoms with Crippen LogP contribution >= 0.6 is 0 Å². The zero-order valence-corrected chi connectivity index (χ0v) is 12.2. The zero-order chi connectivity index (χ0) is 15.1. The summed E-state index contributed by atoms with van der Waals surface area (Å²) in [4.78, 5) is 11.9. The molecular formula is C18H18O3. The minimum absolute atomic E-state index is 0.367. The van der Waals surface area contributed by atoms with Gasteiger partial charge >= 0.3 is 5.97 Å². The average molecular weight is 282 g/mol. The Balaban J connectivity index is 1.93. The lowest BCUT2D eigenvalue weighted by atomic mass is 10.2. The summed E-state index contributed by atoms with van der Waals surface area (Å²) in [5, 5.41) is 0. The fourth-order valence-corrected chi connectivity index (χ4v) is 1.65. The normalized spacial score (nSPS) is 9.81. The molecule has 2 aromatic rings. The molecule has 0 aromatic heterocycles. The molecule has 0 unspecified atom stereocenters. The minimum atomic E-state index is -0.367. The number of esters is 1. The first-order valence-corrected chi connectivity index (χ1v) is 6.78. The molecule has 0 saturated carbocycles. The van der Waals surface area contributed by atoms with Crippen LogP contribution in [-0.2, 0) is 0 Å². The minimum Gasteiger partial charge on any atom is -0.490 e. The Morgan fingerprint density at radius 3 is 2.19 bits per heavy atom. The Hall–Kier alpha value is -2.55. The Labute approximate surface area is 124 Å². The number of carbonyl (C=O) groups excluding carboxylic acids is 1. The van der Waals surface area contributed by atoms with Gasteiger partial charge in [-0.15, -0.1) is 0 Å². The van der Waals surface area contributed by atoms with E-state index in [4.69, 9.17) is 9.47 Å². The van der Waals surface area contributed by atoms with Crippen molar-refractivity contribution in [2.24, 2.45) is 0 Å². The van der Waals surface area contributed by atoms with E-state index >= 15 is 0 Å². The van der Waals surface area contributed by atoms with E-state index in [9.17, 15) is 4.79 Å². The summed E-state index contributed by atoms with van der Waals surface area (Å²) in [5.41, 5.74) is 1.74. The monoisotopic (exact) mass is 282 g/mol. The molecule has 0 aliphatic rings. The van der Waals surface area contributed by atoms with Crippen LogP contribution < -0.4 is 9.47 Å². The van der Waals surface area contributed by atoms with E-state index in [1.165, 1.54) is 5.57 Å². The van der Waals surface area contributed by atoms with Crippen LogP contribution in [-0.4, -0.2) is 12.6 Å². The summed E-state index contributed by atoms with van der Waals surface area (Å²) in [7, 11) is 0. The predicted octanol–water partition coefficient (Wildman–Crippen LogP) is 4.25. The number of hydrogen-bond acceptors (Lipinski definition) is 3. The van der Waals surface area contributed by atoms with Crippen molar-refractivity contribution in [2.75, 3.05) is 6.61 Å². The third kappa shape index (κ3) is 4.80. The van der Waals surface area contributed by atoms with Crippen LogP contribution in [0.1, 0.15) is 24.2 Å². The molecule has 0 saturated heterocycles. The van der Waals surface area contributed by atoms with Gasteiger partial charge in [-0.05, 0) is 56.3 Å². The maximum absolute atomic E-state index is 11.9. The Kier molecular flexibility index (Phi) is 5.16. The van der Waals surface area contributed by atoms with Gasteiger partial charge in [0.25, 0.3) is 0 Å². The summed E-state index contributed by atoms with van der Waals surface area (Å²) in [6.45, 7) is 4.58. The SMILES string of the molecule is CC(C)=CCOc1ccc(OC(=O)c2ccccc2)cc1. The lowest BCUT2D eigenvalue weighted by Gasteiger charge is -2.06. The van der Waals surface area contributed by atoms with Crippen molar-refractivity contribution in [2.45, 2.75) is 13.8 Å². The van der Waals surface area contributed by atoms with E-state index in [1.807, 2.05) is 26.0 Å². The van der Waals surface area contributed by atoms with Crippen molar-refractivity contribution in [1.29, 1.82) is 0 Å². The van der Waals surface area contributed by atoms with Crippen LogP contribution in [0, 0.1) is 0 Å². The maximum atomic E-state index is 11.9.